The highest BCUT2D eigenvalue weighted by molar-refractivity contribution is 5.70. The molecule has 1 aliphatic carbocycles. The van der Waals surface area contributed by atoms with Gasteiger partial charge in [0.25, 0.3) is 0 Å². The van der Waals surface area contributed by atoms with E-state index < -0.39 is 11.6 Å². The van der Waals surface area contributed by atoms with Crippen molar-refractivity contribution in [2.75, 3.05) is 6.54 Å². The predicted octanol–water partition coefficient (Wildman–Crippen LogP) is 2.48. The maximum atomic E-state index is 13.7. The monoisotopic (exact) mass is 295 g/mol. The molecule has 0 aliphatic heterocycles. The van der Waals surface area contributed by atoms with E-state index in [0.717, 1.165) is 0 Å². The van der Waals surface area contributed by atoms with Crippen molar-refractivity contribution in [3.8, 4) is 0 Å². The Morgan fingerprint density at radius 1 is 1.43 bits per heavy atom. The van der Waals surface area contributed by atoms with Crippen molar-refractivity contribution in [3.63, 3.8) is 0 Å². The first-order valence-corrected chi connectivity index (χ1v) is 7.34. The topological polar surface area (TPSA) is 69.6 Å². The quantitative estimate of drug-likeness (QED) is 0.780. The summed E-state index contributed by atoms with van der Waals surface area (Å²) in [6.07, 6.45) is 1.89. The van der Waals surface area contributed by atoms with Crippen LogP contribution in [0.3, 0.4) is 0 Å². The van der Waals surface area contributed by atoms with Gasteiger partial charge in [-0.05, 0) is 38.7 Å². The van der Waals surface area contributed by atoms with Crippen LogP contribution in [0.2, 0.25) is 0 Å². The number of nitrogens with one attached hydrogen (secondary N) is 1. The van der Waals surface area contributed by atoms with Crippen LogP contribution >= 0.6 is 0 Å². The molecular weight excluding hydrogens is 273 g/mol. The average molecular weight is 295 g/mol. The molecule has 0 aromatic heterocycles. The van der Waals surface area contributed by atoms with Gasteiger partial charge in [-0.3, -0.25) is 4.79 Å². The summed E-state index contributed by atoms with van der Waals surface area (Å²) in [5, 5.41) is 22.6. The first-order valence-electron chi connectivity index (χ1n) is 7.34. The van der Waals surface area contributed by atoms with E-state index in [2.05, 4.69) is 5.32 Å². The number of carboxylic acids is 1. The van der Waals surface area contributed by atoms with Gasteiger partial charge in [0, 0.05) is 18.2 Å². The molecule has 3 N–H and O–H groups in total. The summed E-state index contributed by atoms with van der Waals surface area (Å²) in [5.41, 5.74) is -0.328. The summed E-state index contributed by atoms with van der Waals surface area (Å²) < 4.78 is 13.7. The van der Waals surface area contributed by atoms with Gasteiger partial charge >= 0.3 is 5.97 Å². The average Bonchev–Trinajstić information content (AvgIpc) is 2.46. The number of aliphatic carboxylic acids is 1. The molecule has 1 fully saturated rings. The Hall–Kier alpha value is -1.46. The Labute approximate surface area is 124 Å². The lowest BCUT2D eigenvalue weighted by Gasteiger charge is -2.35. The van der Waals surface area contributed by atoms with Crippen LogP contribution in [0, 0.1) is 11.7 Å². The van der Waals surface area contributed by atoms with Crippen LogP contribution in [0.4, 0.5) is 4.39 Å². The fourth-order valence-corrected chi connectivity index (χ4v) is 2.86. The third-order valence-corrected chi connectivity index (χ3v) is 4.37. The van der Waals surface area contributed by atoms with E-state index in [1.807, 2.05) is 6.92 Å². The van der Waals surface area contributed by atoms with Crippen LogP contribution in [0.1, 0.15) is 44.2 Å². The number of benzene rings is 1. The summed E-state index contributed by atoms with van der Waals surface area (Å²) in [7, 11) is 0. The molecule has 1 saturated carbocycles. The zero-order chi connectivity index (χ0) is 15.5. The van der Waals surface area contributed by atoms with Gasteiger partial charge in [0.15, 0.2) is 0 Å². The molecule has 4 nitrogen and oxygen atoms in total. The van der Waals surface area contributed by atoms with Crippen molar-refractivity contribution in [2.45, 2.75) is 44.2 Å². The number of hydrogen-bond acceptors (Lipinski definition) is 3. The Balaban J connectivity index is 1.88. The lowest BCUT2D eigenvalue weighted by Crippen LogP contribution is -2.45. The lowest BCUT2D eigenvalue weighted by molar-refractivity contribution is -0.144. The third-order valence-electron chi connectivity index (χ3n) is 4.37. The predicted molar refractivity (Wildman–Crippen MR) is 77.4 cm³/mol. The minimum Gasteiger partial charge on any atom is -0.481 e. The van der Waals surface area contributed by atoms with Gasteiger partial charge in [0.05, 0.1) is 11.5 Å². The van der Waals surface area contributed by atoms with E-state index in [1.54, 1.807) is 18.2 Å². The molecule has 116 valence electrons. The van der Waals surface area contributed by atoms with Gasteiger partial charge in [0.2, 0.25) is 0 Å². The van der Waals surface area contributed by atoms with Gasteiger partial charge in [-0.25, -0.2) is 4.39 Å². The molecule has 1 atom stereocenters. The second-order valence-electron chi connectivity index (χ2n) is 5.96. The van der Waals surface area contributed by atoms with Gasteiger partial charge < -0.3 is 15.5 Å². The molecule has 0 radical (unpaired) electrons. The zero-order valence-electron chi connectivity index (χ0n) is 12.2. The summed E-state index contributed by atoms with van der Waals surface area (Å²) >= 11 is 0. The molecule has 2 rings (SSSR count). The Kier molecular flexibility index (Phi) is 4.96. The molecular formula is C16H22FNO3. The van der Waals surface area contributed by atoms with Crippen molar-refractivity contribution in [1.29, 1.82) is 0 Å². The molecule has 5 heteroatoms. The molecule has 0 amide bonds. The minimum atomic E-state index is -0.897. The maximum Gasteiger partial charge on any atom is 0.306 e. The normalized spacial score (nSPS) is 27.3. The Morgan fingerprint density at radius 3 is 2.62 bits per heavy atom. The maximum absolute atomic E-state index is 13.7. The van der Waals surface area contributed by atoms with Crippen molar-refractivity contribution in [2.24, 2.45) is 5.92 Å². The van der Waals surface area contributed by atoms with Gasteiger partial charge in [-0.2, -0.15) is 0 Å². The van der Waals surface area contributed by atoms with Crippen LogP contribution in [-0.2, 0) is 4.79 Å². The number of hydrogen-bond donors (Lipinski definition) is 3. The van der Waals surface area contributed by atoms with Crippen LogP contribution < -0.4 is 5.32 Å². The second-order valence-corrected chi connectivity index (χ2v) is 5.96. The van der Waals surface area contributed by atoms with Crippen molar-refractivity contribution in [1.82, 2.24) is 5.32 Å². The van der Waals surface area contributed by atoms with E-state index in [4.69, 9.17) is 5.11 Å². The van der Waals surface area contributed by atoms with Gasteiger partial charge in [0.1, 0.15) is 5.82 Å². The molecule has 0 bridgehead atoms. The smallest absolute Gasteiger partial charge is 0.306 e. The molecule has 1 aromatic carbocycles. The Morgan fingerprint density at radius 2 is 2.05 bits per heavy atom. The standard InChI is InChI=1S/C16H22FNO3/c1-11(13-4-2-3-5-14(13)17)18-10-16(21)8-6-12(7-9-16)15(19)20/h2-5,11-12,18,21H,6-10H2,1H3,(H,19,20)/t11-,12?,16?/m1/s1. The molecule has 1 aliphatic rings. The lowest BCUT2D eigenvalue weighted by atomic mass is 9.78. The summed E-state index contributed by atoms with van der Waals surface area (Å²) in [6, 6.07) is 6.36. The highest BCUT2D eigenvalue weighted by Crippen LogP contribution is 2.32. The SMILES string of the molecule is C[C@@H](NCC1(O)CCC(C(=O)O)CC1)c1ccccc1F. The fourth-order valence-electron chi connectivity index (χ4n) is 2.86. The van der Waals surface area contributed by atoms with E-state index in [9.17, 15) is 14.3 Å². The fraction of sp³-hybridized carbons (Fsp3) is 0.562. The van der Waals surface area contributed by atoms with E-state index in [1.165, 1.54) is 6.07 Å². The third kappa shape index (κ3) is 4.02. The summed E-state index contributed by atoms with van der Waals surface area (Å²) in [5.74, 6) is -1.40. The van der Waals surface area contributed by atoms with E-state index >= 15 is 0 Å². The van der Waals surface area contributed by atoms with E-state index in [0.29, 0.717) is 37.8 Å². The Bertz CT molecular complexity index is 498. The van der Waals surface area contributed by atoms with Crippen molar-refractivity contribution >= 4 is 5.97 Å². The number of carbonyl (C=O) groups is 1. The molecule has 21 heavy (non-hydrogen) atoms. The van der Waals surface area contributed by atoms with E-state index in [-0.39, 0.29) is 17.8 Å². The van der Waals surface area contributed by atoms with Crippen molar-refractivity contribution < 1.29 is 19.4 Å². The number of aliphatic hydroxyl groups is 1. The second kappa shape index (κ2) is 6.54. The number of carboxylic acid groups (broad SMARTS) is 1. The summed E-state index contributed by atoms with van der Waals surface area (Å²) in [6.45, 7) is 2.19. The highest BCUT2D eigenvalue weighted by atomic mass is 19.1. The van der Waals surface area contributed by atoms with Crippen LogP contribution in [0.15, 0.2) is 24.3 Å². The van der Waals surface area contributed by atoms with Crippen LogP contribution in [0.25, 0.3) is 0 Å². The molecule has 0 spiro atoms. The van der Waals surface area contributed by atoms with Crippen LogP contribution in [0.5, 0.6) is 0 Å². The summed E-state index contributed by atoms with van der Waals surface area (Å²) in [4.78, 5) is 10.9. The van der Waals surface area contributed by atoms with Crippen LogP contribution in [-0.4, -0.2) is 28.3 Å². The first kappa shape index (κ1) is 15.9. The zero-order valence-corrected chi connectivity index (χ0v) is 12.2. The first-order chi connectivity index (χ1) is 9.91. The van der Waals surface area contributed by atoms with Gasteiger partial charge in [-0.1, -0.05) is 18.2 Å². The largest absolute Gasteiger partial charge is 0.481 e. The van der Waals surface area contributed by atoms with Crippen molar-refractivity contribution in [3.05, 3.63) is 35.6 Å². The molecule has 1 aromatic rings. The minimum absolute atomic E-state index is 0.201. The van der Waals surface area contributed by atoms with Gasteiger partial charge in [-0.15, -0.1) is 0 Å². The molecule has 0 saturated heterocycles. The molecule has 0 heterocycles. The number of halogens is 1. The highest BCUT2D eigenvalue weighted by Gasteiger charge is 2.35. The molecule has 0 unspecified atom stereocenters. The number of rotatable bonds is 5.